The van der Waals surface area contributed by atoms with Crippen molar-refractivity contribution in [2.24, 2.45) is 0 Å². The van der Waals surface area contributed by atoms with Gasteiger partial charge in [0.05, 0.1) is 6.26 Å². The Labute approximate surface area is 58.1 Å². The fourth-order valence-corrected chi connectivity index (χ4v) is 0.704. The monoisotopic (exact) mass is 201 g/mol. The lowest BCUT2D eigenvalue weighted by Gasteiger charge is -2.05. The van der Waals surface area contributed by atoms with Crippen LogP contribution in [0.2, 0.25) is 0 Å². The van der Waals surface area contributed by atoms with Gasteiger partial charge in [0.25, 0.3) is 0 Å². The number of rotatable bonds is 2. The number of hydrogen-bond acceptors (Lipinski definition) is 2. The van der Waals surface area contributed by atoms with E-state index < -0.39 is 10.0 Å². The van der Waals surface area contributed by atoms with Crippen molar-refractivity contribution in [2.45, 2.75) is 6.92 Å². The average Bonchev–Trinajstić information content (AvgIpc) is 1.62. The minimum atomic E-state index is -3.00. The smallest absolute Gasteiger partial charge is 0.212 e. The normalized spacial score (nSPS) is 12.5. The van der Waals surface area contributed by atoms with E-state index in [1.807, 2.05) is 0 Å². The first-order valence-corrected chi connectivity index (χ1v) is 4.67. The summed E-state index contributed by atoms with van der Waals surface area (Å²) in [6, 6.07) is 0. The van der Waals surface area contributed by atoms with Gasteiger partial charge in [-0.2, -0.15) is 0 Å². The molecule has 0 aromatic rings. The molecular formula is C3H8BrNO2S. The van der Waals surface area contributed by atoms with Crippen LogP contribution in [0, 0.1) is 0 Å². The second-order valence-electron chi connectivity index (χ2n) is 1.37. The van der Waals surface area contributed by atoms with E-state index in [1.54, 1.807) is 6.92 Å². The van der Waals surface area contributed by atoms with Crippen LogP contribution in [-0.4, -0.2) is 24.5 Å². The van der Waals surface area contributed by atoms with E-state index in [0.29, 0.717) is 6.54 Å². The van der Waals surface area contributed by atoms with Crippen LogP contribution in [0.15, 0.2) is 0 Å². The summed E-state index contributed by atoms with van der Waals surface area (Å²) < 4.78 is 22.0. The summed E-state index contributed by atoms with van der Waals surface area (Å²) in [4.78, 5) is 0. The summed E-state index contributed by atoms with van der Waals surface area (Å²) >= 11 is 2.84. The molecule has 0 aromatic carbocycles. The Balaban J connectivity index is 4.04. The predicted octanol–water partition coefficient (Wildman–Crippen LogP) is 0.578. The molecule has 0 rings (SSSR count). The Kier molecular flexibility index (Phi) is 2.93. The first-order valence-electron chi connectivity index (χ1n) is 2.12. The first-order chi connectivity index (χ1) is 3.48. The molecule has 0 amide bonds. The van der Waals surface area contributed by atoms with Crippen molar-refractivity contribution in [3.63, 3.8) is 0 Å². The Bertz CT molecular complexity index is 153. The Morgan fingerprint density at radius 1 is 1.62 bits per heavy atom. The molecule has 0 aromatic heterocycles. The van der Waals surface area contributed by atoms with E-state index in [9.17, 15) is 8.42 Å². The molecule has 0 saturated heterocycles. The highest BCUT2D eigenvalue weighted by molar-refractivity contribution is 9.08. The first kappa shape index (κ1) is 8.39. The lowest BCUT2D eigenvalue weighted by Crippen LogP contribution is -2.18. The highest BCUT2D eigenvalue weighted by Gasteiger charge is 2.08. The zero-order valence-corrected chi connectivity index (χ0v) is 7.16. The predicted molar refractivity (Wildman–Crippen MR) is 36.2 cm³/mol. The van der Waals surface area contributed by atoms with E-state index in [2.05, 4.69) is 16.1 Å². The molecule has 0 aliphatic heterocycles. The highest BCUT2D eigenvalue weighted by Crippen LogP contribution is 2.02. The van der Waals surface area contributed by atoms with Crippen LogP contribution in [0.5, 0.6) is 0 Å². The van der Waals surface area contributed by atoms with Gasteiger partial charge in [-0.25, -0.2) is 8.42 Å². The van der Waals surface area contributed by atoms with Gasteiger partial charge >= 0.3 is 0 Å². The van der Waals surface area contributed by atoms with Gasteiger partial charge in [-0.1, -0.05) is 6.92 Å². The van der Waals surface area contributed by atoms with Gasteiger partial charge in [-0.05, 0) is 0 Å². The molecule has 50 valence electrons. The summed E-state index contributed by atoms with van der Waals surface area (Å²) in [7, 11) is -3.00. The van der Waals surface area contributed by atoms with E-state index in [1.165, 1.54) is 0 Å². The molecule has 5 heteroatoms. The van der Waals surface area contributed by atoms with Crippen molar-refractivity contribution in [3.8, 4) is 0 Å². The van der Waals surface area contributed by atoms with Gasteiger partial charge < -0.3 is 0 Å². The third-order valence-electron chi connectivity index (χ3n) is 0.608. The molecule has 3 nitrogen and oxygen atoms in total. The molecule has 0 spiro atoms. The maximum atomic E-state index is 10.4. The zero-order valence-electron chi connectivity index (χ0n) is 4.76. The summed E-state index contributed by atoms with van der Waals surface area (Å²) in [6.45, 7) is 2.20. The molecule has 0 fully saturated rings. The fraction of sp³-hybridized carbons (Fsp3) is 1.00. The second-order valence-corrected chi connectivity index (χ2v) is 4.60. The number of halogens is 1. The van der Waals surface area contributed by atoms with E-state index in [4.69, 9.17) is 0 Å². The van der Waals surface area contributed by atoms with Crippen molar-refractivity contribution in [1.29, 1.82) is 0 Å². The van der Waals surface area contributed by atoms with Crippen molar-refractivity contribution < 1.29 is 8.42 Å². The number of nitrogens with zero attached hydrogens (tertiary/aromatic N) is 1. The van der Waals surface area contributed by atoms with Crippen molar-refractivity contribution >= 4 is 26.2 Å². The summed E-state index contributed by atoms with van der Waals surface area (Å²) in [5, 5.41) is 0. The topological polar surface area (TPSA) is 37.4 Å². The molecule has 0 atom stereocenters. The Morgan fingerprint density at radius 2 is 2.00 bits per heavy atom. The van der Waals surface area contributed by atoms with Crippen molar-refractivity contribution in [3.05, 3.63) is 0 Å². The highest BCUT2D eigenvalue weighted by atomic mass is 79.9. The lowest BCUT2D eigenvalue weighted by molar-refractivity contribution is 0.561. The lowest BCUT2D eigenvalue weighted by atomic mass is 10.8. The summed E-state index contributed by atoms with van der Waals surface area (Å²) in [6.07, 6.45) is 1.14. The largest absolute Gasteiger partial charge is 0.220 e. The fourth-order valence-electron chi connectivity index (χ4n) is 0.235. The maximum Gasteiger partial charge on any atom is 0.220 e. The van der Waals surface area contributed by atoms with E-state index >= 15 is 0 Å². The van der Waals surface area contributed by atoms with Crippen LogP contribution in [0.3, 0.4) is 0 Å². The average molecular weight is 202 g/mol. The third kappa shape index (κ3) is 2.64. The van der Waals surface area contributed by atoms with Gasteiger partial charge in [0.2, 0.25) is 10.0 Å². The van der Waals surface area contributed by atoms with Gasteiger partial charge in [-0.15, -0.1) is 3.33 Å². The van der Waals surface area contributed by atoms with Crippen molar-refractivity contribution in [1.82, 2.24) is 3.33 Å². The van der Waals surface area contributed by atoms with Gasteiger partial charge in [-0.3, -0.25) is 0 Å². The molecule has 0 radical (unpaired) electrons. The van der Waals surface area contributed by atoms with Gasteiger partial charge in [0.1, 0.15) is 0 Å². The number of hydrogen-bond donors (Lipinski definition) is 0. The molecule has 0 bridgehead atoms. The molecule has 8 heavy (non-hydrogen) atoms. The zero-order chi connectivity index (χ0) is 6.78. The Hall–Kier alpha value is 0.390. The van der Waals surface area contributed by atoms with Gasteiger partial charge in [0, 0.05) is 22.7 Å². The second kappa shape index (κ2) is 2.80. The molecule has 0 aliphatic carbocycles. The molecule has 0 unspecified atom stereocenters. The summed E-state index contributed by atoms with van der Waals surface area (Å²) in [5.41, 5.74) is 0. The standard InChI is InChI=1S/C3H8BrNO2S/c1-3-5(4)8(2,6)7/h3H2,1-2H3. The molecule has 0 aliphatic rings. The maximum absolute atomic E-state index is 10.4. The minimum Gasteiger partial charge on any atom is -0.212 e. The quantitative estimate of drug-likeness (QED) is 0.614. The van der Waals surface area contributed by atoms with E-state index in [0.717, 1.165) is 9.59 Å². The van der Waals surface area contributed by atoms with Crippen LogP contribution in [0.1, 0.15) is 6.92 Å². The molecular weight excluding hydrogens is 194 g/mol. The van der Waals surface area contributed by atoms with Crippen LogP contribution in [-0.2, 0) is 10.0 Å². The third-order valence-corrected chi connectivity index (χ3v) is 3.67. The number of sulfonamides is 1. The van der Waals surface area contributed by atoms with Crippen LogP contribution >= 0.6 is 16.1 Å². The summed E-state index contributed by atoms with van der Waals surface area (Å²) in [5.74, 6) is 0. The SMILES string of the molecule is CCN(Br)S(C)(=O)=O. The molecule has 0 heterocycles. The van der Waals surface area contributed by atoms with Crippen LogP contribution in [0.4, 0.5) is 0 Å². The minimum absolute atomic E-state index is 0.457. The van der Waals surface area contributed by atoms with Gasteiger partial charge in [0.15, 0.2) is 0 Å². The van der Waals surface area contributed by atoms with E-state index in [-0.39, 0.29) is 0 Å². The van der Waals surface area contributed by atoms with Crippen molar-refractivity contribution in [2.75, 3.05) is 12.8 Å². The molecule has 0 N–H and O–H groups in total. The molecule has 0 saturated carbocycles. The van der Waals surface area contributed by atoms with Crippen LogP contribution < -0.4 is 0 Å². The van der Waals surface area contributed by atoms with Crippen LogP contribution in [0.25, 0.3) is 0 Å². The Morgan fingerprint density at radius 3 is 2.00 bits per heavy atom.